The Morgan fingerprint density at radius 2 is 1.78 bits per heavy atom. The largest absolute Gasteiger partial charge is 0.461 e. The van der Waals surface area contributed by atoms with Gasteiger partial charge in [0.2, 0.25) is 0 Å². The lowest BCUT2D eigenvalue weighted by molar-refractivity contribution is -0.142. The highest BCUT2D eigenvalue weighted by molar-refractivity contribution is 9.10. The minimum atomic E-state index is -4.10. The van der Waals surface area contributed by atoms with Crippen LogP contribution in [0.15, 0.2) is 113 Å². The van der Waals surface area contributed by atoms with Crippen LogP contribution < -0.4 is 4.74 Å². The molecule has 0 aliphatic rings. The lowest BCUT2D eigenvalue weighted by atomic mass is 9.79. The Balaban J connectivity index is 1.42. The second kappa shape index (κ2) is 13.6. The highest BCUT2D eigenvalue weighted by Crippen LogP contribution is 2.40. The molecule has 50 heavy (non-hydrogen) atoms. The molecule has 2 aromatic heterocycles. The smallest absolute Gasteiger partial charge is 0.302 e. The molecule has 0 bridgehead atoms. The van der Waals surface area contributed by atoms with Gasteiger partial charge in [-0.2, -0.15) is 5.10 Å². The first kappa shape index (κ1) is 34.7. The van der Waals surface area contributed by atoms with Crippen molar-refractivity contribution in [3.8, 4) is 22.9 Å². The Hall–Kier alpha value is -5.14. The molecule has 0 N–H and O–H groups in total. The third-order valence-corrected chi connectivity index (χ3v) is 10.6. The van der Waals surface area contributed by atoms with E-state index in [1.165, 1.54) is 54.2 Å². The fourth-order valence-electron chi connectivity index (χ4n) is 5.79. The zero-order valence-corrected chi connectivity index (χ0v) is 29.6. The van der Waals surface area contributed by atoms with E-state index >= 15 is 8.78 Å². The maximum Gasteiger partial charge on any atom is 0.302 e. The number of fused-ring (bicyclic) bond motifs is 1. The SMILES string of the molecule is C=CCC(C)(c1cccc(Br)c1)c1nc(-c2cc(Oc3c(F)cc4c(ccn4S(=O)(=O)c4ccccc4)c3COC(C)=O)ccc2F)n(C)n1. The van der Waals surface area contributed by atoms with Gasteiger partial charge in [-0.05, 0) is 67.4 Å². The number of halogens is 3. The summed E-state index contributed by atoms with van der Waals surface area (Å²) in [5.41, 5.74) is 0.374. The topological polar surface area (TPSA) is 105 Å². The van der Waals surface area contributed by atoms with E-state index in [1.807, 2.05) is 31.2 Å². The monoisotopic (exact) mass is 760 g/mol. The van der Waals surface area contributed by atoms with E-state index in [0.29, 0.717) is 12.2 Å². The number of aryl methyl sites for hydroxylation is 1. The van der Waals surface area contributed by atoms with Crippen molar-refractivity contribution in [2.45, 2.75) is 37.2 Å². The van der Waals surface area contributed by atoms with Crippen molar-refractivity contribution in [1.29, 1.82) is 0 Å². The second-order valence-electron chi connectivity index (χ2n) is 11.8. The van der Waals surface area contributed by atoms with Crippen molar-refractivity contribution in [3.63, 3.8) is 0 Å². The molecule has 0 radical (unpaired) electrons. The minimum Gasteiger partial charge on any atom is -0.461 e. The van der Waals surface area contributed by atoms with Crippen molar-refractivity contribution in [2.75, 3.05) is 0 Å². The van der Waals surface area contributed by atoms with Gasteiger partial charge in [-0.1, -0.05) is 52.3 Å². The van der Waals surface area contributed by atoms with E-state index in [0.717, 1.165) is 20.1 Å². The molecule has 0 aliphatic heterocycles. The van der Waals surface area contributed by atoms with Crippen LogP contribution in [0, 0.1) is 11.6 Å². The van der Waals surface area contributed by atoms with E-state index in [2.05, 4.69) is 27.6 Å². The maximum atomic E-state index is 16.0. The van der Waals surface area contributed by atoms with Crippen LogP contribution in [-0.2, 0) is 38.6 Å². The number of nitrogens with zero attached hydrogens (tertiary/aromatic N) is 4. The Morgan fingerprint density at radius 3 is 2.48 bits per heavy atom. The van der Waals surface area contributed by atoms with Crippen molar-refractivity contribution >= 4 is 42.8 Å². The molecule has 1 unspecified atom stereocenters. The van der Waals surface area contributed by atoms with E-state index in [-0.39, 0.29) is 44.2 Å². The van der Waals surface area contributed by atoms with Gasteiger partial charge in [0.05, 0.1) is 21.4 Å². The number of hydrogen-bond acceptors (Lipinski definition) is 7. The summed E-state index contributed by atoms with van der Waals surface area (Å²) >= 11 is 3.52. The molecule has 2 heterocycles. The molecule has 13 heteroatoms. The molecule has 0 spiro atoms. The van der Waals surface area contributed by atoms with Crippen molar-refractivity contribution < 1.29 is 31.5 Å². The van der Waals surface area contributed by atoms with Gasteiger partial charge in [-0.3, -0.25) is 4.79 Å². The molecule has 0 fully saturated rings. The summed E-state index contributed by atoms with van der Waals surface area (Å²) in [7, 11) is -2.45. The summed E-state index contributed by atoms with van der Waals surface area (Å²) in [5, 5.41) is 4.94. The van der Waals surface area contributed by atoms with Gasteiger partial charge in [-0.15, -0.1) is 6.58 Å². The Kier molecular flexibility index (Phi) is 9.47. The van der Waals surface area contributed by atoms with Crippen LogP contribution in [-0.4, -0.2) is 33.1 Å². The maximum absolute atomic E-state index is 16.0. The van der Waals surface area contributed by atoms with Crippen LogP contribution in [0.5, 0.6) is 11.5 Å². The molecule has 0 saturated heterocycles. The van der Waals surface area contributed by atoms with Crippen LogP contribution in [0.4, 0.5) is 8.78 Å². The van der Waals surface area contributed by atoms with Gasteiger partial charge in [0, 0.05) is 41.7 Å². The zero-order chi connectivity index (χ0) is 35.8. The van der Waals surface area contributed by atoms with Gasteiger partial charge in [0.1, 0.15) is 18.2 Å². The van der Waals surface area contributed by atoms with Gasteiger partial charge in [0.15, 0.2) is 23.2 Å². The normalized spacial score (nSPS) is 12.8. The van der Waals surface area contributed by atoms with Crippen LogP contribution >= 0.6 is 15.9 Å². The number of aromatic nitrogens is 4. The molecular weight excluding hydrogens is 730 g/mol. The van der Waals surface area contributed by atoms with Crippen molar-refractivity contribution in [1.82, 2.24) is 18.7 Å². The number of carbonyl (C=O) groups is 1. The van der Waals surface area contributed by atoms with Gasteiger partial charge >= 0.3 is 5.97 Å². The standard InChI is InChI=1S/C37H31BrF2N4O5S/c1-5-17-37(3,24-10-9-11-25(38)19-24)36-41-35(43(4)42-36)29-20-26(14-15-31(29)39)49-34-30(22-48-23(2)45)28-16-18-44(33(28)21-32(34)40)50(46,47)27-12-7-6-8-13-27/h5-16,18-21H,1,17,22H2,2-4H3. The van der Waals surface area contributed by atoms with Gasteiger partial charge in [-0.25, -0.2) is 30.8 Å². The predicted octanol–water partition coefficient (Wildman–Crippen LogP) is 8.45. The highest BCUT2D eigenvalue weighted by Gasteiger charge is 2.34. The Morgan fingerprint density at radius 1 is 1.02 bits per heavy atom. The third-order valence-electron chi connectivity index (χ3n) is 8.36. The minimum absolute atomic E-state index is 0.00647. The van der Waals surface area contributed by atoms with E-state index < -0.39 is 39.6 Å². The molecular formula is C37H31BrF2N4O5S. The zero-order valence-electron chi connectivity index (χ0n) is 27.2. The fraction of sp³-hybridized carbons (Fsp3) is 0.162. The van der Waals surface area contributed by atoms with Crippen molar-refractivity contribution in [2.24, 2.45) is 7.05 Å². The number of rotatable bonds is 11. The molecule has 6 rings (SSSR count). The van der Waals surface area contributed by atoms with Crippen LogP contribution in [0.1, 0.15) is 37.2 Å². The Labute approximate surface area is 296 Å². The summed E-state index contributed by atoms with van der Waals surface area (Å²) < 4.78 is 73.0. The van der Waals surface area contributed by atoms with E-state index in [4.69, 9.17) is 14.5 Å². The summed E-state index contributed by atoms with van der Waals surface area (Å²) in [6.07, 6.45) is 3.57. The van der Waals surface area contributed by atoms with E-state index in [1.54, 1.807) is 31.3 Å². The van der Waals surface area contributed by atoms with E-state index in [9.17, 15) is 13.2 Å². The molecule has 256 valence electrons. The number of benzene rings is 4. The number of esters is 1. The average molecular weight is 762 g/mol. The lowest BCUT2D eigenvalue weighted by Crippen LogP contribution is -2.25. The number of hydrogen-bond donors (Lipinski definition) is 0. The van der Waals surface area contributed by atoms with Crippen molar-refractivity contribution in [3.05, 3.63) is 137 Å². The lowest BCUT2D eigenvalue weighted by Gasteiger charge is -2.26. The number of ether oxygens (including phenoxy) is 2. The van der Waals surface area contributed by atoms with Crippen LogP contribution in [0.25, 0.3) is 22.3 Å². The summed E-state index contributed by atoms with van der Waals surface area (Å²) in [4.78, 5) is 16.6. The van der Waals surface area contributed by atoms with Crippen LogP contribution in [0.3, 0.4) is 0 Å². The summed E-state index contributed by atoms with van der Waals surface area (Å²) in [5.74, 6) is -1.82. The van der Waals surface area contributed by atoms with Gasteiger partial charge in [0.25, 0.3) is 10.0 Å². The number of allylic oxidation sites excluding steroid dienone is 1. The first-order valence-electron chi connectivity index (χ1n) is 15.4. The van der Waals surface area contributed by atoms with Crippen LogP contribution in [0.2, 0.25) is 0 Å². The molecule has 4 aromatic carbocycles. The Bertz CT molecular complexity index is 2380. The number of carbonyl (C=O) groups excluding carboxylic acids is 1. The summed E-state index contributed by atoms with van der Waals surface area (Å²) in [6.45, 7) is 6.67. The molecule has 0 aliphatic carbocycles. The molecule has 1 atom stereocenters. The quantitative estimate of drug-likeness (QED) is 0.0964. The first-order valence-corrected chi connectivity index (χ1v) is 17.6. The molecule has 0 amide bonds. The highest BCUT2D eigenvalue weighted by atomic mass is 79.9. The average Bonchev–Trinajstić information content (AvgIpc) is 3.70. The predicted molar refractivity (Wildman–Crippen MR) is 188 cm³/mol. The van der Waals surface area contributed by atoms with Gasteiger partial charge < -0.3 is 9.47 Å². The molecule has 9 nitrogen and oxygen atoms in total. The first-order chi connectivity index (χ1) is 23.8. The molecule has 0 saturated carbocycles. The third kappa shape index (κ3) is 6.46. The molecule has 6 aromatic rings. The fourth-order valence-corrected chi connectivity index (χ4v) is 7.55. The second-order valence-corrected chi connectivity index (χ2v) is 14.5. The summed E-state index contributed by atoms with van der Waals surface area (Å²) in [6, 6.07) is 21.8.